The summed E-state index contributed by atoms with van der Waals surface area (Å²) < 4.78 is 6.42. The smallest absolute Gasteiger partial charge is 0.139 e. The van der Waals surface area contributed by atoms with Crippen LogP contribution in [0.4, 0.5) is 0 Å². The number of hydrogen-bond donors (Lipinski definition) is 0. The van der Waals surface area contributed by atoms with Crippen molar-refractivity contribution in [1.82, 2.24) is 0 Å². The van der Waals surface area contributed by atoms with Gasteiger partial charge < -0.3 is 4.42 Å². The summed E-state index contributed by atoms with van der Waals surface area (Å²) in [6.07, 6.45) is 0. The summed E-state index contributed by atoms with van der Waals surface area (Å²) in [6, 6.07) is 44.6. The molecule has 0 atom stereocenters. The molecule has 250 valence electrons. The van der Waals surface area contributed by atoms with E-state index in [0.717, 1.165) is 21.9 Å². The maximum absolute atomic E-state index is 6.42. The van der Waals surface area contributed by atoms with E-state index in [1.165, 1.54) is 120 Å². The zero-order valence-electron chi connectivity index (χ0n) is 33.0. The second-order valence-corrected chi connectivity index (χ2v) is 15.8. The highest BCUT2D eigenvalue weighted by Gasteiger charge is 2.26. The Morgan fingerprint density at radius 2 is 0.782 bits per heavy atom. The number of benzene rings is 9. The van der Waals surface area contributed by atoms with Crippen molar-refractivity contribution in [2.24, 2.45) is 0 Å². The molecular formula is C46H36B8O. The minimum atomic E-state index is 0.916. The number of furan rings is 1. The summed E-state index contributed by atoms with van der Waals surface area (Å²) in [6.45, 7) is 0. The molecule has 0 amide bonds. The Bertz CT molecular complexity index is 3220. The first-order chi connectivity index (χ1) is 26.6. The molecule has 0 aliphatic carbocycles. The largest absolute Gasteiger partial charge is 0.456 e. The SMILES string of the molecule is Bc1c(B)c(B)c2c(-c3ccc(-c4ccc5oc6cc7ccccc7cc6c5c4)c4ccccc34)c3c(B)c(B)c(B)c(B)c3c(-c3ccccc3)c2c1B. The van der Waals surface area contributed by atoms with Crippen molar-refractivity contribution in [1.29, 1.82) is 0 Å². The van der Waals surface area contributed by atoms with Crippen molar-refractivity contribution < 1.29 is 4.42 Å². The average Bonchev–Trinajstić information content (AvgIpc) is 3.57. The monoisotopic (exact) mass is 692 g/mol. The fourth-order valence-corrected chi connectivity index (χ4v) is 9.69. The standard InChI is InChI=1S/C46H36B8O/c47-39-35-33(21-8-2-1-3-9-21)36-38(42(50)46(54)44(52)40(36)48)34(37(35)41(49)45(53)43(39)51)28-16-15-25(26-12-6-7-13-27(26)28)24-14-17-31-29(19-24)30-18-22-10-4-5-11-23(22)20-32(30)55-31/h1-20H,47-54H2. The van der Waals surface area contributed by atoms with Crippen LogP contribution >= 0.6 is 0 Å². The zero-order chi connectivity index (χ0) is 37.9. The molecule has 9 heteroatoms. The maximum atomic E-state index is 6.42. The molecule has 0 unspecified atom stereocenters. The first kappa shape index (κ1) is 33.9. The van der Waals surface area contributed by atoms with Gasteiger partial charge in [-0.3, -0.25) is 0 Å². The third-order valence-corrected chi connectivity index (χ3v) is 13.3. The van der Waals surface area contributed by atoms with Crippen LogP contribution in [-0.2, 0) is 0 Å². The number of hydrogen-bond acceptors (Lipinski definition) is 1. The molecule has 10 aromatic rings. The van der Waals surface area contributed by atoms with Gasteiger partial charge in [0, 0.05) is 10.8 Å². The summed E-state index contributed by atoms with van der Waals surface area (Å²) in [5, 5.41) is 12.7. The van der Waals surface area contributed by atoms with Gasteiger partial charge in [-0.25, -0.2) is 0 Å². The van der Waals surface area contributed by atoms with E-state index in [2.05, 4.69) is 184 Å². The lowest BCUT2D eigenvalue weighted by Crippen LogP contribution is -2.50. The van der Waals surface area contributed by atoms with Crippen LogP contribution in [0.25, 0.3) is 98.4 Å². The lowest BCUT2D eigenvalue weighted by atomic mass is 9.59. The normalized spacial score (nSPS) is 11.9. The van der Waals surface area contributed by atoms with E-state index in [1.807, 2.05) is 0 Å². The average molecular weight is 691 g/mol. The molecule has 0 bridgehead atoms. The number of rotatable bonds is 3. The fraction of sp³-hybridized carbons (Fsp3) is 0. The molecule has 1 nitrogen and oxygen atoms in total. The second-order valence-electron chi connectivity index (χ2n) is 15.8. The Morgan fingerprint density at radius 3 is 1.38 bits per heavy atom. The van der Waals surface area contributed by atoms with E-state index in [-0.39, 0.29) is 0 Å². The molecule has 55 heavy (non-hydrogen) atoms. The van der Waals surface area contributed by atoms with Gasteiger partial charge >= 0.3 is 0 Å². The van der Waals surface area contributed by atoms with Crippen LogP contribution in [0, 0.1) is 0 Å². The molecule has 0 saturated heterocycles. The molecule has 1 heterocycles. The van der Waals surface area contributed by atoms with Crippen molar-refractivity contribution >= 4 is 172 Å². The fourth-order valence-electron chi connectivity index (χ4n) is 9.69. The molecule has 0 fully saturated rings. The maximum Gasteiger partial charge on any atom is 0.139 e. The minimum Gasteiger partial charge on any atom is -0.456 e. The van der Waals surface area contributed by atoms with E-state index in [0.29, 0.717) is 0 Å². The highest BCUT2D eigenvalue weighted by atomic mass is 16.3. The van der Waals surface area contributed by atoms with Crippen LogP contribution in [-0.4, -0.2) is 62.8 Å². The minimum absolute atomic E-state index is 0.916. The van der Waals surface area contributed by atoms with Crippen molar-refractivity contribution in [2.75, 3.05) is 0 Å². The van der Waals surface area contributed by atoms with Gasteiger partial charge in [0.05, 0.1) is 0 Å². The summed E-state index contributed by atoms with van der Waals surface area (Å²) in [5.74, 6) is 0. The van der Waals surface area contributed by atoms with Crippen molar-refractivity contribution in [3.63, 3.8) is 0 Å². The first-order valence-electron chi connectivity index (χ1n) is 19.5. The van der Waals surface area contributed by atoms with Crippen LogP contribution in [0.15, 0.2) is 126 Å². The first-order valence-corrected chi connectivity index (χ1v) is 19.5. The van der Waals surface area contributed by atoms with Gasteiger partial charge in [-0.15, -0.1) is 21.9 Å². The molecule has 0 radical (unpaired) electrons. The highest BCUT2D eigenvalue weighted by molar-refractivity contribution is 6.71. The Hall–Kier alpha value is -5.66. The third-order valence-electron chi connectivity index (χ3n) is 13.3. The van der Waals surface area contributed by atoms with Gasteiger partial charge in [0.2, 0.25) is 0 Å². The van der Waals surface area contributed by atoms with Crippen LogP contribution in [0.2, 0.25) is 0 Å². The second kappa shape index (κ2) is 12.4. The lowest BCUT2D eigenvalue weighted by Gasteiger charge is -2.28. The van der Waals surface area contributed by atoms with Crippen molar-refractivity contribution in [3.8, 4) is 33.4 Å². The predicted molar refractivity (Wildman–Crippen MR) is 265 cm³/mol. The van der Waals surface area contributed by atoms with E-state index in [9.17, 15) is 0 Å². The van der Waals surface area contributed by atoms with E-state index < -0.39 is 0 Å². The van der Waals surface area contributed by atoms with E-state index >= 15 is 0 Å². The summed E-state index contributed by atoms with van der Waals surface area (Å²) >= 11 is 0. The van der Waals surface area contributed by atoms with Gasteiger partial charge in [0.25, 0.3) is 0 Å². The zero-order valence-corrected chi connectivity index (χ0v) is 33.0. The molecule has 0 aliphatic rings. The Morgan fingerprint density at radius 1 is 0.309 bits per heavy atom. The summed E-state index contributed by atoms with van der Waals surface area (Å²) in [7, 11) is 18.6. The van der Waals surface area contributed by atoms with Gasteiger partial charge in [-0.05, 0) is 101 Å². The third kappa shape index (κ3) is 4.85. The molecule has 0 N–H and O–H groups in total. The van der Waals surface area contributed by atoms with Gasteiger partial charge in [-0.1, -0.05) is 119 Å². The van der Waals surface area contributed by atoms with Crippen LogP contribution < -0.4 is 43.7 Å². The van der Waals surface area contributed by atoms with Crippen LogP contribution in [0.3, 0.4) is 0 Å². The lowest BCUT2D eigenvalue weighted by molar-refractivity contribution is 0.669. The Balaban J connectivity index is 1.33. The van der Waals surface area contributed by atoms with Gasteiger partial charge in [0.1, 0.15) is 73.9 Å². The van der Waals surface area contributed by atoms with Crippen molar-refractivity contribution in [3.05, 3.63) is 121 Å². The Kier molecular flexibility index (Phi) is 7.66. The molecule has 1 aromatic heterocycles. The predicted octanol–water partition coefficient (Wildman–Crippen LogP) is -0.733. The van der Waals surface area contributed by atoms with E-state index in [4.69, 9.17) is 4.42 Å². The molecule has 0 aliphatic heterocycles. The van der Waals surface area contributed by atoms with Crippen molar-refractivity contribution in [2.45, 2.75) is 0 Å². The van der Waals surface area contributed by atoms with E-state index in [1.54, 1.807) is 0 Å². The van der Waals surface area contributed by atoms with Crippen LogP contribution in [0.1, 0.15) is 0 Å². The summed E-state index contributed by atoms with van der Waals surface area (Å²) in [5.41, 5.74) is 20.5. The highest BCUT2D eigenvalue weighted by Crippen LogP contribution is 2.45. The topological polar surface area (TPSA) is 13.1 Å². The van der Waals surface area contributed by atoms with Gasteiger partial charge in [-0.2, -0.15) is 0 Å². The quantitative estimate of drug-likeness (QED) is 0.176. The number of fused-ring (bicyclic) bond motifs is 7. The molecular weight excluding hydrogens is 655 g/mol. The Labute approximate surface area is 329 Å². The molecule has 0 saturated carbocycles. The molecule has 0 spiro atoms. The van der Waals surface area contributed by atoms with Gasteiger partial charge in [0.15, 0.2) is 0 Å². The molecule has 9 aromatic carbocycles. The molecule has 10 rings (SSSR count). The summed E-state index contributed by atoms with van der Waals surface area (Å²) in [4.78, 5) is 0. The van der Waals surface area contributed by atoms with Crippen LogP contribution in [0.5, 0.6) is 0 Å².